The monoisotopic (exact) mass is 440 g/mol. The number of fused-ring (bicyclic) bond motifs is 5. The van der Waals surface area contributed by atoms with E-state index in [9.17, 15) is 5.11 Å². The predicted octanol–water partition coefficient (Wildman–Crippen LogP) is 5.14. The molecule has 27 heavy (non-hydrogen) atoms. The van der Waals surface area contributed by atoms with Crippen molar-refractivity contribution in [2.45, 2.75) is 83.5 Å². The summed E-state index contributed by atoms with van der Waals surface area (Å²) in [6.07, 6.45) is 11.3. The molecule has 8 unspecified atom stereocenters. The Morgan fingerprint density at radius 3 is 2.33 bits per heavy atom. The molecule has 0 aromatic carbocycles. The van der Waals surface area contributed by atoms with Crippen LogP contribution in [-0.2, 0) is 9.47 Å². The van der Waals surface area contributed by atoms with Gasteiger partial charge in [-0.05, 0) is 92.3 Å². The third-order valence-corrected chi connectivity index (χ3v) is 10.9. The minimum atomic E-state index is -0.383. The molecule has 1 N–H and O–H groups in total. The van der Waals surface area contributed by atoms with Crippen molar-refractivity contribution in [2.75, 3.05) is 18.5 Å². The Balaban J connectivity index is 1.42. The van der Waals surface area contributed by atoms with Crippen molar-refractivity contribution in [1.29, 1.82) is 0 Å². The van der Waals surface area contributed by atoms with Gasteiger partial charge >= 0.3 is 0 Å². The zero-order chi connectivity index (χ0) is 18.9. The summed E-state index contributed by atoms with van der Waals surface area (Å²) in [5, 5.41) is 11.0. The smallest absolute Gasteiger partial charge is 0.181 e. The number of aliphatic hydroxyl groups is 1. The van der Waals surface area contributed by atoms with Crippen LogP contribution in [0.4, 0.5) is 0 Å². The highest BCUT2D eigenvalue weighted by Crippen LogP contribution is 2.69. The van der Waals surface area contributed by atoms with Gasteiger partial charge < -0.3 is 14.6 Å². The minimum Gasteiger partial charge on any atom is -0.393 e. The molecule has 4 saturated carbocycles. The van der Waals surface area contributed by atoms with Crippen LogP contribution in [0.2, 0.25) is 0 Å². The lowest BCUT2D eigenvalue weighted by Crippen LogP contribution is -2.56. The maximum Gasteiger partial charge on any atom is 0.181 e. The van der Waals surface area contributed by atoms with Crippen molar-refractivity contribution in [3.63, 3.8) is 0 Å². The lowest BCUT2D eigenvalue weighted by molar-refractivity contribution is -0.214. The number of rotatable bonds is 2. The van der Waals surface area contributed by atoms with Crippen LogP contribution in [0.5, 0.6) is 0 Å². The zero-order valence-corrected chi connectivity index (χ0v) is 18.7. The predicted molar refractivity (Wildman–Crippen MR) is 110 cm³/mol. The molecule has 154 valence electrons. The number of aliphatic hydroxyl groups excluding tert-OH is 1. The van der Waals surface area contributed by atoms with E-state index in [1.807, 2.05) is 0 Å². The summed E-state index contributed by atoms with van der Waals surface area (Å²) in [6.45, 7) is 6.65. The van der Waals surface area contributed by atoms with Crippen molar-refractivity contribution >= 4 is 15.9 Å². The number of hydrogen-bond donors (Lipinski definition) is 1. The van der Waals surface area contributed by atoms with E-state index in [2.05, 4.69) is 29.8 Å². The second kappa shape index (κ2) is 6.68. The van der Waals surface area contributed by atoms with Crippen molar-refractivity contribution in [3.8, 4) is 0 Å². The first-order chi connectivity index (χ1) is 12.9. The molecular weight excluding hydrogens is 404 g/mol. The largest absolute Gasteiger partial charge is 0.393 e. The average molecular weight is 441 g/mol. The van der Waals surface area contributed by atoms with Crippen LogP contribution in [0, 0.1) is 40.4 Å². The fourth-order valence-corrected chi connectivity index (χ4v) is 9.51. The van der Waals surface area contributed by atoms with Crippen LogP contribution in [0.3, 0.4) is 0 Å². The van der Waals surface area contributed by atoms with E-state index in [0.717, 1.165) is 55.1 Å². The highest BCUT2D eigenvalue weighted by molar-refractivity contribution is 9.09. The molecule has 8 atom stereocenters. The summed E-state index contributed by atoms with van der Waals surface area (Å²) in [4.78, 5) is 0. The molecule has 1 saturated heterocycles. The van der Waals surface area contributed by atoms with Crippen molar-refractivity contribution in [1.82, 2.24) is 0 Å². The molecule has 0 amide bonds. The minimum absolute atomic E-state index is 0.0419. The topological polar surface area (TPSA) is 38.7 Å². The molecule has 5 fully saturated rings. The van der Waals surface area contributed by atoms with E-state index in [1.165, 1.54) is 44.9 Å². The third kappa shape index (κ3) is 2.68. The first-order valence-electron chi connectivity index (χ1n) is 11.4. The summed E-state index contributed by atoms with van der Waals surface area (Å²) in [6, 6.07) is 0. The molecule has 0 radical (unpaired) electrons. The molecule has 5 rings (SSSR count). The molecule has 0 spiro atoms. The Bertz CT molecular complexity index is 576. The maximum atomic E-state index is 10.2. The van der Waals surface area contributed by atoms with Gasteiger partial charge in [-0.25, -0.2) is 0 Å². The first-order valence-corrected chi connectivity index (χ1v) is 12.6. The number of ether oxygens (including phenoxy) is 2. The summed E-state index contributed by atoms with van der Waals surface area (Å²) >= 11 is 3.74. The molecular formula is C23H37BrO3. The van der Waals surface area contributed by atoms with Gasteiger partial charge in [0.15, 0.2) is 5.79 Å². The summed E-state index contributed by atoms with van der Waals surface area (Å²) in [5.74, 6) is 3.46. The van der Waals surface area contributed by atoms with Gasteiger partial charge in [-0.1, -0.05) is 29.8 Å². The highest BCUT2D eigenvalue weighted by Gasteiger charge is 2.64. The van der Waals surface area contributed by atoms with Crippen LogP contribution in [-0.4, -0.2) is 35.5 Å². The molecule has 5 aliphatic rings. The normalized spacial score (nSPS) is 54.2. The van der Waals surface area contributed by atoms with Gasteiger partial charge in [-0.2, -0.15) is 0 Å². The van der Waals surface area contributed by atoms with Crippen molar-refractivity contribution in [3.05, 3.63) is 0 Å². The van der Waals surface area contributed by atoms with Gasteiger partial charge in [0.1, 0.15) is 0 Å². The summed E-state index contributed by atoms with van der Waals surface area (Å²) in [5.41, 5.74) is 0.825. The Morgan fingerprint density at radius 2 is 1.59 bits per heavy atom. The van der Waals surface area contributed by atoms with E-state index in [0.29, 0.717) is 16.7 Å². The Kier molecular flexibility index (Phi) is 4.79. The Hall–Kier alpha value is 0.360. The van der Waals surface area contributed by atoms with Crippen LogP contribution in [0.25, 0.3) is 0 Å². The van der Waals surface area contributed by atoms with Crippen molar-refractivity contribution < 1.29 is 14.6 Å². The second-order valence-electron chi connectivity index (χ2n) is 10.9. The standard InChI is InChI=1S/C23H37BrO3/c1-21-9-7-16(25)13-15(21)3-4-17-18-5-6-20(22(18,2)10-8-19(17)21)23(14-24)26-11-12-27-23/h15-20,25H,3-14H2,1-2H3. The molecule has 1 heterocycles. The van der Waals surface area contributed by atoms with Crippen LogP contribution < -0.4 is 0 Å². The number of halogens is 1. The Labute approximate surface area is 173 Å². The van der Waals surface area contributed by atoms with Gasteiger partial charge in [0, 0.05) is 5.92 Å². The molecule has 4 heteroatoms. The van der Waals surface area contributed by atoms with Gasteiger partial charge in [-0.3, -0.25) is 0 Å². The first kappa shape index (κ1) is 19.3. The van der Waals surface area contributed by atoms with E-state index < -0.39 is 0 Å². The number of alkyl halides is 1. The van der Waals surface area contributed by atoms with Crippen LogP contribution in [0.15, 0.2) is 0 Å². The van der Waals surface area contributed by atoms with Gasteiger partial charge in [-0.15, -0.1) is 0 Å². The van der Waals surface area contributed by atoms with E-state index >= 15 is 0 Å². The zero-order valence-electron chi connectivity index (χ0n) is 17.1. The quantitative estimate of drug-likeness (QED) is 0.603. The fourth-order valence-electron chi connectivity index (χ4n) is 8.80. The molecule has 0 aromatic heterocycles. The molecule has 1 aliphatic heterocycles. The SMILES string of the molecule is CC12CCC(O)CC1CCC1C2CCC2(C)C1CCC2C1(CBr)OCCO1. The lowest BCUT2D eigenvalue weighted by Gasteiger charge is -2.61. The third-order valence-electron chi connectivity index (χ3n) is 10.1. The van der Waals surface area contributed by atoms with Gasteiger partial charge in [0.25, 0.3) is 0 Å². The molecule has 4 aliphatic carbocycles. The van der Waals surface area contributed by atoms with E-state index in [-0.39, 0.29) is 11.9 Å². The van der Waals surface area contributed by atoms with Gasteiger partial charge in [0.2, 0.25) is 0 Å². The maximum absolute atomic E-state index is 10.2. The highest BCUT2D eigenvalue weighted by atomic mass is 79.9. The van der Waals surface area contributed by atoms with E-state index in [4.69, 9.17) is 9.47 Å². The molecule has 3 nitrogen and oxygen atoms in total. The lowest BCUT2D eigenvalue weighted by atomic mass is 9.44. The molecule has 0 bridgehead atoms. The van der Waals surface area contributed by atoms with Crippen LogP contribution >= 0.6 is 15.9 Å². The number of hydrogen-bond acceptors (Lipinski definition) is 3. The van der Waals surface area contributed by atoms with E-state index in [1.54, 1.807) is 0 Å². The Morgan fingerprint density at radius 1 is 0.889 bits per heavy atom. The van der Waals surface area contributed by atoms with Crippen LogP contribution in [0.1, 0.15) is 71.6 Å². The second-order valence-corrected chi connectivity index (χ2v) is 11.5. The molecule has 0 aromatic rings. The fraction of sp³-hybridized carbons (Fsp3) is 1.00. The van der Waals surface area contributed by atoms with Gasteiger partial charge in [0.05, 0.1) is 24.6 Å². The average Bonchev–Trinajstić information content (AvgIpc) is 3.27. The van der Waals surface area contributed by atoms with Crippen molar-refractivity contribution in [2.24, 2.45) is 40.4 Å². The summed E-state index contributed by atoms with van der Waals surface area (Å²) in [7, 11) is 0. The summed E-state index contributed by atoms with van der Waals surface area (Å²) < 4.78 is 12.5.